The standard InChI is InChI=1S/C24H31ClFN3O4S/c1-15-7-9-19(26)22(16(15)2)17(3)23(24(30)31)29-14-28(12-6-11-27(4)5)20-13-18(25)8-10-21(20)34(29,32)33/h7-10,13,17,23H,6,11-12,14H2,1-5H3,(H,30,31)/t17-,23+/m1/s1. The lowest BCUT2D eigenvalue weighted by atomic mass is 9.87. The Morgan fingerprint density at radius 2 is 1.91 bits per heavy atom. The number of hydrogen-bond donors (Lipinski definition) is 1. The van der Waals surface area contributed by atoms with Gasteiger partial charge < -0.3 is 14.9 Å². The minimum atomic E-state index is -4.19. The van der Waals surface area contributed by atoms with Crippen LogP contribution in [0.4, 0.5) is 10.1 Å². The molecule has 34 heavy (non-hydrogen) atoms. The molecule has 0 aromatic heterocycles. The summed E-state index contributed by atoms with van der Waals surface area (Å²) in [6.45, 7) is 6.19. The Balaban J connectivity index is 2.11. The predicted octanol–water partition coefficient (Wildman–Crippen LogP) is 4.07. The number of anilines is 1. The maximum Gasteiger partial charge on any atom is 0.322 e. The predicted molar refractivity (Wildman–Crippen MR) is 132 cm³/mol. The van der Waals surface area contributed by atoms with Crippen molar-refractivity contribution >= 4 is 33.3 Å². The highest BCUT2D eigenvalue weighted by atomic mass is 35.5. The lowest BCUT2D eigenvalue weighted by Gasteiger charge is -2.42. The van der Waals surface area contributed by atoms with Crippen LogP contribution >= 0.6 is 11.6 Å². The second-order valence-electron chi connectivity index (χ2n) is 9.04. The van der Waals surface area contributed by atoms with E-state index in [-0.39, 0.29) is 17.1 Å². The maximum absolute atomic E-state index is 14.9. The van der Waals surface area contributed by atoms with E-state index >= 15 is 0 Å². The Morgan fingerprint density at radius 3 is 2.53 bits per heavy atom. The zero-order valence-corrected chi connectivity index (χ0v) is 21.6. The molecule has 2 atom stereocenters. The molecule has 0 saturated carbocycles. The number of rotatable bonds is 8. The van der Waals surface area contributed by atoms with Crippen LogP contribution in [0.25, 0.3) is 0 Å². The van der Waals surface area contributed by atoms with Gasteiger partial charge in [-0.15, -0.1) is 0 Å². The molecule has 1 aliphatic heterocycles. The molecule has 10 heteroatoms. The van der Waals surface area contributed by atoms with Gasteiger partial charge in [-0.3, -0.25) is 4.79 Å². The highest BCUT2D eigenvalue weighted by Crippen LogP contribution is 2.39. The van der Waals surface area contributed by atoms with E-state index in [0.717, 1.165) is 22.8 Å². The van der Waals surface area contributed by atoms with Crippen molar-refractivity contribution in [2.45, 2.75) is 44.0 Å². The molecule has 0 radical (unpaired) electrons. The number of carbonyl (C=O) groups is 1. The van der Waals surface area contributed by atoms with Crippen molar-refractivity contribution in [3.8, 4) is 0 Å². The monoisotopic (exact) mass is 511 g/mol. The number of aliphatic carboxylic acids is 1. The summed E-state index contributed by atoms with van der Waals surface area (Å²) in [5, 5.41) is 10.6. The summed E-state index contributed by atoms with van der Waals surface area (Å²) in [5.74, 6) is -2.81. The van der Waals surface area contributed by atoms with Gasteiger partial charge in [0.2, 0.25) is 10.0 Å². The minimum absolute atomic E-state index is 0.00658. The minimum Gasteiger partial charge on any atom is -0.480 e. The second-order valence-corrected chi connectivity index (χ2v) is 11.3. The van der Waals surface area contributed by atoms with E-state index in [9.17, 15) is 22.7 Å². The van der Waals surface area contributed by atoms with Gasteiger partial charge in [0.05, 0.1) is 12.4 Å². The van der Waals surface area contributed by atoms with E-state index in [1.165, 1.54) is 18.2 Å². The van der Waals surface area contributed by atoms with Crippen molar-refractivity contribution in [2.75, 3.05) is 38.8 Å². The highest BCUT2D eigenvalue weighted by Gasteiger charge is 2.45. The van der Waals surface area contributed by atoms with Crippen LogP contribution in [0.2, 0.25) is 5.02 Å². The van der Waals surface area contributed by atoms with E-state index in [2.05, 4.69) is 0 Å². The molecule has 0 aliphatic carbocycles. The number of benzene rings is 2. The molecular weight excluding hydrogens is 481 g/mol. The van der Waals surface area contributed by atoms with Crippen LogP contribution in [-0.4, -0.2) is 68.6 Å². The zero-order valence-electron chi connectivity index (χ0n) is 20.0. The van der Waals surface area contributed by atoms with E-state index in [1.54, 1.807) is 26.0 Å². The van der Waals surface area contributed by atoms with Gasteiger partial charge in [0, 0.05) is 17.5 Å². The fourth-order valence-electron chi connectivity index (χ4n) is 4.52. The summed E-state index contributed by atoms with van der Waals surface area (Å²) >= 11 is 6.17. The zero-order chi connectivity index (χ0) is 25.4. The molecular formula is C24H31ClFN3O4S. The first-order valence-corrected chi connectivity index (χ1v) is 12.9. The number of halogens is 2. The summed E-state index contributed by atoms with van der Waals surface area (Å²) in [6, 6.07) is 5.89. The number of sulfonamides is 1. The SMILES string of the molecule is Cc1ccc(F)c([C@@H](C)[C@@H](C(=O)O)N2CN(CCCN(C)C)c3cc(Cl)ccc3S2(=O)=O)c1C. The van der Waals surface area contributed by atoms with E-state index in [4.69, 9.17) is 11.6 Å². The first-order valence-electron chi connectivity index (χ1n) is 11.1. The van der Waals surface area contributed by atoms with Crippen molar-refractivity contribution in [1.29, 1.82) is 0 Å². The molecule has 0 bridgehead atoms. The number of carboxylic acids is 1. The van der Waals surface area contributed by atoms with Gasteiger partial charge in [-0.05, 0) is 81.9 Å². The Morgan fingerprint density at radius 1 is 1.24 bits per heavy atom. The fourth-order valence-corrected chi connectivity index (χ4v) is 6.49. The summed E-state index contributed by atoms with van der Waals surface area (Å²) in [5.41, 5.74) is 2.07. The molecule has 0 amide bonds. The van der Waals surface area contributed by atoms with Crippen LogP contribution in [-0.2, 0) is 14.8 Å². The summed E-state index contributed by atoms with van der Waals surface area (Å²) in [6.07, 6.45) is 0.728. The average Bonchev–Trinajstić information content (AvgIpc) is 2.73. The summed E-state index contributed by atoms with van der Waals surface area (Å²) < 4.78 is 43.2. The van der Waals surface area contributed by atoms with Crippen molar-refractivity contribution in [3.63, 3.8) is 0 Å². The van der Waals surface area contributed by atoms with Crippen molar-refractivity contribution < 1.29 is 22.7 Å². The normalized spacial score (nSPS) is 17.5. The Kier molecular flexibility index (Phi) is 7.92. The van der Waals surface area contributed by atoms with Crippen LogP contribution < -0.4 is 4.90 Å². The van der Waals surface area contributed by atoms with Crippen LogP contribution in [0.15, 0.2) is 35.2 Å². The quantitative estimate of drug-likeness (QED) is 0.575. The molecule has 2 aromatic rings. The molecule has 2 aromatic carbocycles. The smallest absolute Gasteiger partial charge is 0.322 e. The second kappa shape index (κ2) is 10.2. The third kappa shape index (κ3) is 5.07. The van der Waals surface area contributed by atoms with Crippen LogP contribution in [0.1, 0.15) is 36.0 Å². The third-order valence-corrected chi connectivity index (χ3v) is 8.51. The molecule has 0 saturated heterocycles. The fraction of sp³-hybridized carbons (Fsp3) is 0.458. The number of hydrogen-bond acceptors (Lipinski definition) is 5. The Hall–Kier alpha value is -2.20. The molecule has 0 spiro atoms. The van der Waals surface area contributed by atoms with Crippen LogP contribution in [0.3, 0.4) is 0 Å². The average molecular weight is 512 g/mol. The van der Waals surface area contributed by atoms with Crippen molar-refractivity contribution in [3.05, 3.63) is 57.9 Å². The topological polar surface area (TPSA) is 81.2 Å². The maximum atomic E-state index is 14.9. The molecule has 0 unspecified atom stereocenters. The van der Waals surface area contributed by atoms with Crippen molar-refractivity contribution in [1.82, 2.24) is 9.21 Å². The first-order chi connectivity index (χ1) is 15.9. The molecule has 1 N–H and O–H groups in total. The lowest BCUT2D eigenvalue weighted by Crippen LogP contribution is -2.55. The number of aryl methyl sites for hydroxylation is 1. The molecule has 186 valence electrons. The van der Waals surface area contributed by atoms with Crippen molar-refractivity contribution in [2.24, 2.45) is 0 Å². The summed E-state index contributed by atoms with van der Waals surface area (Å²) in [7, 11) is -0.301. The van der Waals surface area contributed by atoms with Crippen LogP contribution in [0, 0.1) is 19.7 Å². The van der Waals surface area contributed by atoms with Gasteiger partial charge in [-0.1, -0.05) is 24.6 Å². The van der Waals surface area contributed by atoms with Gasteiger partial charge in [-0.2, -0.15) is 4.31 Å². The lowest BCUT2D eigenvalue weighted by molar-refractivity contribution is -0.142. The van der Waals surface area contributed by atoms with Gasteiger partial charge in [0.25, 0.3) is 0 Å². The number of fused-ring (bicyclic) bond motifs is 1. The third-order valence-electron chi connectivity index (χ3n) is 6.42. The highest BCUT2D eigenvalue weighted by molar-refractivity contribution is 7.89. The molecule has 1 aliphatic rings. The first kappa shape index (κ1) is 26.4. The molecule has 0 fully saturated rings. The van der Waals surface area contributed by atoms with Gasteiger partial charge in [-0.25, -0.2) is 12.8 Å². The van der Waals surface area contributed by atoms with E-state index < -0.39 is 33.8 Å². The molecule has 7 nitrogen and oxygen atoms in total. The van der Waals surface area contributed by atoms with Gasteiger partial charge >= 0.3 is 5.97 Å². The van der Waals surface area contributed by atoms with Gasteiger partial charge in [0.1, 0.15) is 16.8 Å². The van der Waals surface area contributed by atoms with E-state index in [1.807, 2.05) is 30.8 Å². The largest absolute Gasteiger partial charge is 0.480 e. The Bertz CT molecular complexity index is 1190. The summed E-state index contributed by atoms with van der Waals surface area (Å²) in [4.78, 5) is 16.3. The number of nitrogens with zero attached hydrogens (tertiary/aromatic N) is 3. The van der Waals surface area contributed by atoms with Gasteiger partial charge in [0.15, 0.2) is 0 Å². The Labute approximate surface area is 205 Å². The molecule has 1 heterocycles. The number of carboxylic acid groups (broad SMARTS) is 1. The van der Waals surface area contributed by atoms with E-state index in [0.29, 0.717) is 22.8 Å². The van der Waals surface area contributed by atoms with Crippen LogP contribution in [0.5, 0.6) is 0 Å². The molecule has 3 rings (SSSR count).